The maximum atomic E-state index is 9.95. The Labute approximate surface area is 93.8 Å². The normalized spacial score (nSPS) is 15.0. The predicted molar refractivity (Wildman–Crippen MR) is 48.2 cm³/mol. The van der Waals surface area contributed by atoms with Crippen LogP contribution in [0.4, 0.5) is 0 Å². The minimum atomic E-state index is -1.12. The van der Waals surface area contributed by atoms with E-state index in [2.05, 4.69) is 24.3 Å². The van der Waals surface area contributed by atoms with Gasteiger partial charge in [0.1, 0.15) is 0 Å². The molecule has 0 heterocycles. The topological polar surface area (TPSA) is 46.1 Å². The van der Waals surface area contributed by atoms with Crippen molar-refractivity contribution in [3.63, 3.8) is 0 Å². The summed E-state index contributed by atoms with van der Waals surface area (Å²) in [4.78, 5) is 0. The standard InChI is InChI=1S/C6H6O2.C5H6.Co/c7-6(8)5-3-1-2-4-5;1-2-4-5-3-1;/h1-4,7-8H;1-4H,5H2;/q;;+2/p-2. The van der Waals surface area contributed by atoms with Gasteiger partial charge in [-0.3, -0.25) is 0 Å². The fourth-order valence-electron chi connectivity index (χ4n) is 0.903. The van der Waals surface area contributed by atoms with Gasteiger partial charge in [-0.1, -0.05) is 48.6 Å². The Hall–Kier alpha value is -1.19. The van der Waals surface area contributed by atoms with Gasteiger partial charge in [-0.05, 0) is 12.0 Å². The van der Waals surface area contributed by atoms with E-state index in [1.807, 2.05) is 0 Å². The van der Waals surface area contributed by atoms with Crippen LogP contribution in [0, 0.1) is 0 Å². The molecule has 0 bridgehead atoms. The first kappa shape index (κ1) is 12.8. The molecule has 2 rings (SSSR count). The Morgan fingerprint density at radius 1 is 0.929 bits per heavy atom. The molecule has 14 heavy (non-hydrogen) atoms. The largest absolute Gasteiger partial charge is 2.00 e. The molecule has 2 nitrogen and oxygen atoms in total. The van der Waals surface area contributed by atoms with Crippen LogP contribution < -0.4 is 10.2 Å². The summed E-state index contributed by atoms with van der Waals surface area (Å²) in [5, 5.41) is 19.9. The van der Waals surface area contributed by atoms with E-state index in [0.717, 1.165) is 6.42 Å². The quantitative estimate of drug-likeness (QED) is 0.573. The number of hydrogen-bond donors (Lipinski definition) is 0. The van der Waals surface area contributed by atoms with Gasteiger partial charge in [0.15, 0.2) is 0 Å². The average Bonchev–Trinajstić information content (AvgIpc) is 2.82. The van der Waals surface area contributed by atoms with Gasteiger partial charge in [-0.25, -0.2) is 0 Å². The summed E-state index contributed by atoms with van der Waals surface area (Å²) in [5.41, 5.74) is 0.241. The summed E-state index contributed by atoms with van der Waals surface area (Å²) in [6, 6.07) is 0. The zero-order valence-electron chi connectivity index (χ0n) is 7.48. The summed E-state index contributed by atoms with van der Waals surface area (Å²) in [6.07, 6.45) is 15.8. The fourth-order valence-corrected chi connectivity index (χ4v) is 0.903. The molecule has 3 heteroatoms. The first-order chi connectivity index (χ1) is 6.30. The molecule has 0 saturated carbocycles. The predicted octanol–water partition coefficient (Wildman–Crippen LogP) is 0.545. The third-order valence-electron chi connectivity index (χ3n) is 1.55. The van der Waals surface area contributed by atoms with E-state index in [1.54, 1.807) is 12.2 Å². The van der Waals surface area contributed by atoms with Gasteiger partial charge in [-0.2, -0.15) is 5.95 Å². The minimum Gasteiger partial charge on any atom is -0.884 e. The van der Waals surface area contributed by atoms with Gasteiger partial charge in [0.05, 0.1) is 0 Å². The van der Waals surface area contributed by atoms with Crippen LogP contribution in [0.5, 0.6) is 0 Å². The van der Waals surface area contributed by atoms with Crippen molar-refractivity contribution in [3.05, 3.63) is 60.1 Å². The van der Waals surface area contributed by atoms with E-state index < -0.39 is 5.95 Å². The molecular formula is C11H10CoO2. The van der Waals surface area contributed by atoms with Gasteiger partial charge in [0.25, 0.3) is 0 Å². The molecular weight excluding hydrogens is 223 g/mol. The van der Waals surface area contributed by atoms with Crippen LogP contribution in [-0.4, -0.2) is 0 Å². The summed E-state index contributed by atoms with van der Waals surface area (Å²) < 4.78 is 0. The maximum Gasteiger partial charge on any atom is 2.00 e. The van der Waals surface area contributed by atoms with E-state index in [9.17, 15) is 10.2 Å². The SMILES string of the molecule is C1=CCC=C1.[Co+2].[O-]C([O-])=C1C=CC=C1. The third kappa shape index (κ3) is 4.74. The van der Waals surface area contributed by atoms with Crippen molar-refractivity contribution < 1.29 is 27.0 Å². The smallest absolute Gasteiger partial charge is 0.884 e. The Morgan fingerprint density at radius 2 is 1.43 bits per heavy atom. The van der Waals surface area contributed by atoms with Gasteiger partial charge in [0, 0.05) is 0 Å². The maximum absolute atomic E-state index is 9.95. The summed E-state index contributed by atoms with van der Waals surface area (Å²) >= 11 is 0. The Kier molecular flexibility index (Phi) is 6.62. The number of allylic oxidation sites excluding steroid dienone is 9. The molecule has 0 fully saturated rings. The van der Waals surface area contributed by atoms with Crippen molar-refractivity contribution in [2.75, 3.05) is 0 Å². The molecule has 0 spiro atoms. The van der Waals surface area contributed by atoms with Crippen molar-refractivity contribution in [1.82, 2.24) is 0 Å². The van der Waals surface area contributed by atoms with Crippen LogP contribution in [0.25, 0.3) is 0 Å². The van der Waals surface area contributed by atoms with Crippen molar-refractivity contribution in [2.24, 2.45) is 0 Å². The minimum absolute atomic E-state index is 0. The molecule has 2 aliphatic rings. The van der Waals surface area contributed by atoms with E-state index in [4.69, 9.17) is 0 Å². The van der Waals surface area contributed by atoms with Gasteiger partial charge in [0.2, 0.25) is 0 Å². The molecule has 1 radical (unpaired) electrons. The van der Waals surface area contributed by atoms with Crippen LogP contribution in [0.3, 0.4) is 0 Å². The van der Waals surface area contributed by atoms with Gasteiger partial charge < -0.3 is 10.2 Å². The van der Waals surface area contributed by atoms with Crippen molar-refractivity contribution in [1.29, 1.82) is 0 Å². The number of hydrogen-bond acceptors (Lipinski definition) is 2. The molecule has 0 aliphatic heterocycles. The molecule has 0 saturated heterocycles. The molecule has 0 aromatic heterocycles. The fraction of sp³-hybridized carbons (Fsp3) is 0.0909. The Morgan fingerprint density at radius 3 is 1.64 bits per heavy atom. The first-order valence-electron chi connectivity index (χ1n) is 4.05. The zero-order valence-corrected chi connectivity index (χ0v) is 8.52. The Balaban J connectivity index is 0.000000246. The second kappa shape index (κ2) is 7.23. The molecule has 0 aromatic rings. The average molecular weight is 233 g/mol. The molecule has 0 amide bonds. The van der Waals surface area contributed by atoms with Crippen molar-refractivity contribution in [2.45, 2.75) is 6.42 Å². The van der Waals surface area contributed by atoms with Crippen LogP contribution in [0.2, 0.25) is 0 Å². The van der Waals surface area contributed by atoms with E-state index in [-0.39, 0.29) is 22.4 Å². The van der Waals surface area contributed by atoms with Crippen LogP contribution in [0.15, 0.2) is 60.1 Å². The first-order valence-corrected chi connectivity index (χ1v) is 4.05. The van der Waals surface area contributed by atoms with Crippen molar-refractivity contribution >= 4 is 0 Å². The monoisotopic (exact) mass is 233 g/mol. The molecule has 75 valence electrons. The summed E-state index contributed by atoms with van der Waals surface area (Å²) in [7, 11) is 0. The van der Waals surface area contributed by atoms with Crippen LogP contribution in [-0.2, 0) is 16.8 Å². The second-order valence-corrected chi connectivity index (χ2v) is 2.55. The van der Waals surface area contributed by atoms with Gasteiger partial charge >= 0.3 is 16.8 Å². The number of rotatable bonds is 0. The van der Waals surface area contributed by atoms with Crippen molar-refractivity contribution in [3.8, 4) is 0 Å². The Bertz CT molecular complexity index is 281. The molecule has 0 atom stereocenters. The zero-order chi connectivity index (χ0) is 9.52. The molecule has 0 aromatic carbocycles. The second-order valence-electron chi connectivity index (χ2n) is 2.55. The molecule has 2 aliphatic carbocycles. The van der Waals surface area contributed by atoms with Gasteiger partial charge in [-0.15, -0.1) is 0 Å². The molecule has 0 unspecified atom stereocenters. The third-order valence-corrected chi connectivity index (χ3v) is 1.55. The van der Waals surface area contributed by atoms with Crippen LogP contribution >= 0.6 is 0 Å². The van der Waals surface area contributed by atoms with Crippen LogP contribution in [0.1, 0.15) is 6.42 Å². The summed E-state index contributed by atoms with van der Waals surface area (Å²) in [5.74, 6) is -1.12. The summed E-state index contributed by atoms with van der Waals surface area (Å²) in [6.45, 7) is 0. The van der Waals surface area contributed by atoms with E-state index >= 15 is 0 Å². The van der Waals surface area contributed by atoms with E-state index in [0.29, 0.717) is 0 Å². The van der Waals surface area contributed by atoms with E-state index in [1.165, 1.54) is 12.2 Å². The molecule has 0 N–H and O–H groups in total.